The van der Waals surface area contributed by atoms with E-state index in [-0.39, 0.29) is 18.4 Å². The second kappa shape index (κ2) is 6.58. The first-order chi connectivity index (χ1) is 10.0. The van der Waals surface area contributed by atoms with E-state index in [4.69, 9.17) is 5.73 Å². The molecule has 114 valence electrons. The lowest BCUT2D eigenvalue weighted by molar-refractivity contribution is -0.142. The molecule has 1 heterocycles. The van der Waals surface area contributed by atoms with Crippen molar-refractivity contribution in [3.8, 4) is 0 Å². The van der Waals surface area contributed by atoms with E-state index in [0.29, 0.717) is 37.4 Å². The zero-order chi connectivity index (χ0) is 15.4. The summed E-state index contributed by atoms with van der Waals surface area (Å²) >= 11 is 0. The molecule has 21 heavy (non-hydrogen) atoms. The van der Waals surface area contributed by atoms with Gasteiger partial charge in [0.1, 0.15) is 0 Å². The molecule has 1 aromatic carbocycles. The van der Waals surface area contributed by atoms with Gasteiger partial charge < -0.3 is 15.4 Å². The van der Waals surface area contributed by atoms with Gasteiger partial charge in [0.25, 0.3) is 5.91 Å². The molecular formula is C15H21N3O3. The predicted molar refractivity (Wildman–Crippen MR) is 80.0 cm³/mol. The van der Waals surface area contributed by atoms with Crippen LogP contribution in [0.25, 0.3) is 0 Å². The smallest absolute Gasteiger partial charge is 0.319 e. The fraction of sp³-hybridized carbons (Fsp3) is 0.467. The molecule has 6 nitrogen and oxygen atoms in total. The second-order valence-electron chi connectivity index (χ2n) is 5.18. The number of anilines is 1. The molecule has 0 atom stereocenters. The maximum Gasteiger partial charge on any atom is 0.319 e. The van der Waals surface area contributed by atoms with E-state index in [2.05, 4.69) is 4.74 Å². The number of nitrogen functional groups attached to an aromatic ring is 1. The number of carbonyl (C=O) groups is 2. The van der Waals surface area contributed by atoms with Crippen LogP contribution in [0.1, 0.15) is 15.9 Å². The number of esters is 1. The van der Waals surface area contributed by atoms with Gasteiger partial charge in [-0.25, -0.2) is 0 Å². The van der Waals surface area contributed by atoms with Gasteiger partial charge in [-0.15, -0.1) is 0 Å². The summed E-state index contributed by atoms with van der Waals surface area (Å²) in [5.74, 6) is -0.291. The van der Waals surface area contributed by atoms with Gasteiger partial charge in [-0.05, 0) is 18.6 Å². The van der Waals surface area contributed by atoms with Gasteiger partial charge in [0, 0.05) is 31.9 Å². The number of rotatable bonds is 3. The third-order valence-corrected chi connectivity index (χ3v) is 3.76. The summed E-state index contributed by atoms with van der Waals surface area (Å²) in [6.45, 7) is 4.65. The van der Waals surface area contributed by atoms with Crippen LogP contribution in [0.15, 0.2) is 18.2 Å². The van der Waals surface area contributed by atoms with Crippen LogP contribution in [0.4, 0.5) is 5.69 Å². The number of benzene rings is 1. The Morgan fingerprint density at radius 3 is 2.48 bits per heavy atom. The first kappa shape index (κ1) is 15.3. The monoisotopic (exact) mass is 291 g/mol. The van der Waals surface area contributed by atoms with Crippen LogP contribution in [0.2, 0.25) is 0 Å². The lowest BCUT2D eigenvalue weighted by Gasteiger charge is -2.34. The molecule has 1 fully saturated rings. The van der Waals surface area contributed by atoms with Crippen LogP contribution in [-0.2, 0) is 9.53 Å². The highest BCUT2D eigenvalue weighted by Crippen LogP contribution is 2.19. The van der Waals surface area contributed by atoms with E-state index in [1.165, 1.54) is 7.11 Å². The Morgan fingerprint density at radius 2 is 1.90 bits per heavy atom. The minimum Gasteiger partial charge on any atom is -0.468 e. The first-order valence-corrected chi connectivity index (χ1v) is 6.96. The number of carbonyl (C=O) groups excluding carboxylic acids is 2. The summed E-state index contributed by atoms with van der Waals surface area (Å²) in [6.07, 6.45) is 0. The van der Waals surface area contributed by atoms with E-state index in [9.17, 15) is 9.59 Å². The van der Waals surface area contributed by atoms with E-state index >= 15 is 0 Å². The summed E-state index contributed by atoms with van der Waals surface area (Å²) in [6, 6.07) is 5.47. The van der Waals surface area contributed by atoms with E-state index in [0.717, 1.165) is 5.56 Å². The molecule has 0 spiro atoms. The van der Waals surface area contributed by atoms with Crippen molar-refractivity contribution in [3.05, 3.63) is 29.3 Å². The summed E-state index contributed by atoms with van der Waals surface area (Å²) in [5.41, 5.74) is 7.90. The van der Waals surface area contributed by atoms with Crippen LogP contribution in [0.5, 0.6) is 0 Å². The number of nitrogens with two attached hydrogens (primary N) is 1. The topological polar surface area (TPSA) is 75.9 Å². The van der Waals surface area contributed by atoms with Crippen LogP contribution in [0, 0.1) is 6.92 Å². The van der Waals surface area contributed by atoms with E-state index in [1.807, 2.05) is 24.0 Å². The van der Waals surface area contributed by atoms with Crippen LogP contribution < -0.4 is 5.73 Å². The molecule has 0 aromatic heterocycles. The average molecular weight is 291 g/mol. The number of amides is 1. The van der Waals surface area contributed by atoms with Gasteiger partial charge in [0.15, 0.2) is 0 Å². The third-order valence-electron chi connectivity index (χ3n) is 3.76. The minimum atomic E-state index is -0.252. The zero-order valence-electron chi connectivity index (χ0n) is 12.5. The van der Waals surface area contributed by atoms with Gasteiger partial charge in [0.2, 0.25) is 0 Å². The summed E-state index contributed by atoms with van der Waals surface area (Å²) in [5, 5.41) is 0. The number of hydrogen-bond donors (Lipinski definition) is 1. The molecule has 1 aliphatic heterocycles. The number of aryl methyl sites for hydroxylation is 1. The number of ether oxygens (including phenoxy) is 1. The average Bonchev–Trinajstić information content (AvgIpc) is 2.47. The Kier molecular flexibility index (Phi) is 4.80. The molecule has 1 saturated heterocycles. The number of hydrogen-bond acceptors (Lipinski definition) is 5. The molecule has 0 saturated carbocycles. The fourth-order valence-corrected chi connectivity index (χ4v) is 2.50. The van der Waals surface area contributed by atoms with Gasteiger partial charge in [-0.3, -0.25) is 14.5 Å². The van der Waals surface area contributed by atoms with E-state index in [1.54, 1.807) is 11.0 Å². The minimum absolute atomic E-state index is 0.0386. The second-order valence-corrected chi connectivity index (χ2v) is 5.18. The largest absolute Gasteiger partial charge is 0.468 e. The lowest BCUT2D eigenvalue weighted by Crippen LogP contribution is -2.50. The molecule has 0 aliphatic carbocycles. The normalized spacial score (nSPS) is 15.8. The maximum absolute atomic E-state index is 12.6. The molecule has 1 aromatic rings. The molecule has 1 amide bonds. The molecule has 2 N–H and O–H groups in total. The van der Waals surface area contributed by atoms with Gasteiger partial charge >= 0.3 is 5.97 Å². The Bertz CT molecular complexity index is 517. The number of piperazine rings is 1. The molecular weight excluding hydrogens is 270 g/mol. The van der Waals surface area contributed by atoms with Crippen LogP contribution in [0.3, 0.4) is 0 Å². The van der Waals surface area contributed by atoms with Crippen molar-refractivity contribution in [3.63, 3.8) is 0 Å². The molecule has 1 aliphatic rings. The van der Waals surface area contributed by atoms with E-state index < -0.39 is 0 Å². The van der Waals surface area contributed by atoms with Crippen molar-refractivity contribution in [1.82, 2.24) is 9.80 Å². The number of methoxy groups -OCH3 is 1. The standard InChI is InChI=1S/C15H21N3O3/c1-11-4-3-5-12(16)14(11)15(20)18-8-6-17(7-9-18)10-13(19)21-2/h3-5H,6-10,16H2,1-2H3. The van der Waals surface area contributed by atoms with Gasteiger partial charge in [-0.1, -0.05) is 12.1 Å². The summed E-state index contributed by atoms with van der Waals surface area (Å²) in [7, 11) is 1.38. The highest BCUT2D eigenvalue weighted by atomic mass is 16.5. The Morgan fingerprint density at radius 1 is 1.24 bits per heavy atom. The summed E-state index contributed by atoms with van der Waals surface area (Å²) < 4.78 is 4.65. The van der Waals surface area contributed by atoms with Crippen LogP contribution >= 0.6 is 0 Å². The molecule has 2 rings (SSSR count). The Labute approximate surface area is 124 Å². The van der Waals surface area contributed by atoms with Crippen LogP contribution in [-0.4, -0.2) is 61.5 Å². The van der Waals surface area contributed by atoms with Crippen molar-refractivity contribution < 1.29 is 14.3 Å². The van der Waals surface area contributed by atoms with Crippen molar-refractivity contribution in [2.45, 2.75) is 6.92 Å². The predicted octanol–water partition coefficient (Wildman–Crippen LogP) is 0.508. The highest BCUT2D eigenvalue weighted by Gasteiger charge is 2.25. The fourth-order valence-electron chi connectivity index (χ4n) is 2.50. The first-order valence-electron chi connectivity index (χ1n) is 6.96. The van der Waals surface area contributed by atoms with Crippen molar-refractivity contribution >= 4 is 17.6 Å². The molecule has 0 radical (unpaired) electrons. The molecule has 6 heteroatoms. The third kappa shape index (κ3) is 3.52. The quantitative estimate of drug-likeness (QED) is 0.648. The van der Waals surface area contributed by atoms with Gasteiger partial charge in [-0.2, -0.15) is 0 Å². The van der Waals surface area contributed by atoms with Gasteiger partial charge in [0.05, 0.1) is 19.2 Å². The summed E-state index contributed by atoms with van der Waals surface area (Å²) in [4.78, 5) is 27.6. The number of nitrogens with zero attached hydrogens (tertiary/aromatic N) is 2. The SMILES string of the molecule is COC(=O)CN1CCN(C(=O)c2c(C)cccc2N)CC1. The van der Waals surface area contributed by atoms with Crippen molar-refractivity contribution in [1.29, 1.82) is 0 Å². The molecule has 0 unspecified atom stereocenters. The van der Waals surface area contributed by atoms with Crippen molar-refractivity contribution in [2.75, 3.05) is 45.6 Å². The maximum atomic E-state index is 12.6. The lowest BCUT2D eigenvalue weighted by atomic mass is 10.0. The molecule has 0 bridgehead atoms. The highest BCUT2D eigenvalue weighted by molar-refractivity contribution is 6.00. The Hall–Kier alpha value is -2.08. The Balaban J connectivity index is 1.99. The zero-order valence-corrected chi connectivity index (χ0v) is 12.5. The van der Waals surface area contributed by atoms with Crippen molar-refractivity contribution in [2.24, 2.45) is 0 Å².